The third-order valence-corrected chi connectivity index (χ3v) is 5.10. The first-order chi connectivity index (χ1) is 11.3. The molecule has 0 aromatic carbocycles. The van der Waals surface area contributed by atoms with Crippen molar-refractivity contribution >= 4 is 0 Å². The molecule has 3 rings (SSSR count). The molecule has 0 aromatic heterocycles. The molecule has 1 saturated heterocycles. The van der Waals surface area contributed by atoms with E-state index in [2.05, 4.69) is 0 Å². The zero-order valence-electron chi connectivity index (χ0n) is 13.2. The van der Waals surface area contributed by atoms with Gasteiger partial charge in [0, 0.05) is 12.3 Å². The summed E-state index contributed by atoms with van der Waals surface area (Å²) in [6, 6.07) is 0. The van der Waals surface area contributed by atoms with E-state index in [0.717, 1.165) is 5.57 Å². The van der Waals surface area contributed by atoms with Crippen molar-refractivity contribution in [2.24, 2.45) is 11.8 Å². The van der Waals surface area contributed by atoms with Crippen LogP contribution in [0.4, 0.5) is 0 Å². The largest absolute Gasteiger partial charge is 0.472 e. The third kappa shape index (κ3) is 2.95. The van der Waals surface area contributed by atoms with Crippen molar-refractivity contribution < 1.29 is 44.8 Å². The molecule has 2 aliphatic heterocycles. The fourth-order valence-corrected chi connectivity index (χ4v) is 3.78. The van der Waals surface area contributed by atoms with Gasteiger partial charge in [-0.3, -0.25) is 0 Å². The van der Waals surface area contributed by atoms with E-state index in [-0.39, 0.29) is 12.3 Å². The molecule has 9 heteroatoms. The number of rotatable bonds is 3. The van der Waals surface area contributed by atoms with E-state index in [4.69, 9.17) is 14.2 Å². The first-order valence-corrected chi connectivity index (χ1v) is 7.99. The van der Waals surface area contributed by atoms with Gasteiger partial charge in [0.05, 0.1) is 31.0 Å². The Morgan fingerprint density at radius 2 is 1.75 bits per heavy atom. The van der Waals surface area contributed by atoms with Crippen LogP contribution in [0.25, 0.3) is 0 Å². The van der Waals surface area contributed by atoms with Crippen molar-refractivity contribution in [3.05, 3.63) is 11.8 Å². The number of aliphatic hydroxyl groups is 6. The molecule has 24 heavy (non-hydrogen) atoms. The van der Waals surface area contributed by atoms with Gasteiger partial charge in [-0.15, -0.1) is 0 Å². The summed E-state index contributed by atoms with van der Waals surface area (Å²) in [5.41, 5.74) is 0.776. The molecule has 1 saturated carbocycles. The van der Waals surface area contributed by atoms with Gasteiger partial charge in [-0.1, -0.05) is 0 Å². The molecule has 3 aliphatic rings. The summed E-state index contributed by atoms with van der Waals surface area (Å²) in [5.74, 6) is -0.902. The molecule has 0 radical (unpaired) electrons. The normalized spacial score (nSPS) is 51.7. The molecule has 0 spiro atoms. The number of hydrogen-bond donors (Lipinski definition) is 6. The molecule has 9 nitrogen and oxygen atoms in total. The number of aliphatic hydroxyl groups excluding tert-OH is 6. The first kappa shape index (κ1) is 18.0. The number of hydrogen-bond acceptors (Lipinski definition) is 9. The van der Waals surface area contributed by atoms with E-state index in [1.165, 1.54) is 6.26 Å². The average Bonchev–Trinajstić information content (AvgIpc) is 2.86. The van der Waals surface area contributed by atoms with Crippen molar-refractivity contribution in [2.75, 3.05) is 6.61 Å². The van der Waals surface area contributed by atoms with Gasteiger partial charge in [0.25, 0.3) is 0 Å². The summed E-state index contributed by atoms with van der Waals surface area (Å²) in [6.45, 7) is 1.21. The summed E-state index contributed by atoms with van der Waals surface area (Å²) in [7, 11) is 0. The van der Waals surface area contributed by atoms with Gasteiger partial charge in [-0.2, -0.15) is 0 Å². The van der Waals surface area contributed by atoms with E-state index in [9.17, 15) is 30.6 Å². The third-order valence-electron chi connectivity index (χ3n) is 5.10. The van der Waals surface area contributed by atoms with Crippen LogP contribution in [0.15, 0.2) is 11.8 Å². The molecular formula is C15H24O9. The highest BCUT2D eigenvalue weighted by atomic mass is 16.8. The molecule has 0 amide bonds. The Morgan fingerprint density at radius 3 is 2.42 bits per heavy atom. The summed E-state index contributed by atoms with van der Waals surface area (Å²) in [5, 5.41) is 59.1. The van der Waals surface area contributed by atoms with Crippen LogP contribution < -0.4 is 0 Å². The Labute approximate surface area is 138 Å². The SMILES string of the molecule is CC1=CO[C@@H](O[C@H]2O[C@@H](CO)[C@H](O)[C@@H](O)[C@@H]2O)[C@H]2[C@@H]1[C@H](O)C[C@@H]2O. The fourth-order valence-electron chi connectivity index (χ4n) is 3.78. The van der Waals surface area contributed by atoms with Crippen LogP contribution in [0.2, 0.25) is 0 Å². The maximum atomic E-state index is 10.2. The van der Waals surface area contributed by atoms with E-state index >= 15 is 0 Å². The maximum absolute atomic E-state index is 10.2. The molecule has 0 bridgehead atoms. The molecule has 0 unspecified atom stereocenters. The second-order valence-corrected chi connectivity index (χ2v) is 6.67. The minimum Gasteiger partial charge on any atom is -0.472 e. The number of fused-ring (bicyclic) bond motifs is 1. The molecule has 10 atom stereocenters. The second-order valence-electron chi connectivity index (χ2n) is 6.67. The minimum absolute atomic E-state index is 0.179. The lowest BCUT2D eigenvalue weighted by Gasteiger charge is -2.43. The zero-order valence-corrected chi connectivity index (χ0v) is 13.2. The van der Waals surface area contributed by atoms with Crippen molar-refractivity contribution in [3.8, 4) is 0 Å². The van der Waals surface area contributed by atoms with Crippen LogP contribution in [0.5, 0.6) is 0 Å². The topological polar surface area (TPSA) is 149 Å². The molecule has 0 aromatic rings. The van der Waals surface area contributed by atoms with Gasteiger partial charge in [0.15, 0.2) is 6.29 Å². The highest BCUT2D eigenvalue weighted by Crippen LogP contribution is 2.44. The van der Waals surface area contributed by atoms with E-state index in [1.807, 2.05) is 0 Å². The molecule has 138 valence electrons. The van der Waals surface area contributed by atoms with Crippen molar-refractivity contribution in [3.63, 3.8) is 0 Å². The zero-order chi connectivity index (χ0) is 17.6. The summed E-state index contributed by atoms with van der Waals surface area (Å²) in [6.07, 6.45) is -8.04. The molecular weight excluding hydrogens is 324 g/mol. The van der Waals surface area contributed by atoms with Crippen molar-refractivity contribution in [1.29, 1.82) is 0 Å². The fraction of sp³-hybridized carbons (Fsp3) is 0.867. The highest BCUT2D eigenvalue weighted by molar-refractivity contribution is 5.14. The second kappa shape index (κ2) is 6.85. The Bertz CT molecular complexity index is 482. The maximum Gasteiger partial charge on any atom is 0.207 e. The van der Waals surface area contributed by atoms with Crippen molar-refractivity contribution in [2.45, 2.75) is 62.5 Å². The standard InChI is InChI=1S/C15H24O9/c1-5-4-22-14(10-7(18)2-6(17)9(5)10)24-15-13(21)12(20)11(19)8(3-16)23-15/h4,6-21H,2-3H2,1H3/t6-,7+,8+,9+,10-,11+,12-,13+,14+,15-/m1/s1. The van der Waals surface area contributed by atoms with Gasteiger partial charge in [-0.05, 0) is 12.5 Å². The van der Waals surface area contributed by atoms with Crippen LogP contribution in [-0.4, -0.2) is 86.4 Å². The monoisotopic (exact) mass is 348 g/mol. The predicted octanol–water partition coefficient (Wildman–Crippen LogP) is -2.58. The van der Waals surface area contributed by atoms with Crippen LogP contribution in [0, 0.1) is 11.8 Å². The molecule has 1 aliphatic carbocycles. The van der Waals surface area contributed by atoms with Crippen LogP contribution in [0.1, 0.15) is 13.3 Å². The molecule has 2 heterocycles. The van der Waals surface area contributed by atoms with Gasteiger partial charge in [0.2, 0.25) is 6.29 Å². The highest BCUT2D eigenvalue weighted by Gasteiger charge is 2.52. The van der Waals surface area contributed by atoms with Crippen LogP contribution in [0.3, 0.4) is 0 Å². The number of ether oxygens (including phenoxy) is 3. The lowest BCUT2D eigenvalue weighted by Crippen LogP contribution is -2.60. The summed E-state index contributed by atoms with van der Waals surface area (Å²) in [4.78, 5) is 0. The smallest absolute Gasteiger partial charge is 0.207 e. The van der Waals surface area contributed by atoms with Gasteiger partial charge in [-0.25, -0.2) is 0 Å². The van der Waals surface area contributed by atoms with E-state index in [1.54, 1.807) is 6.92 Å². The van der Waals surface area contributed by atoms with E-state index in [0.29, 0.717) is 0 Å². The van der Waals surface area contributed by atoms with Gasteiger partial charge < -0.3 is 44.8 Å². The van der Waals surface area contributed by atoms with E-state index < -0.39 is 61.7 Å². The lowest BCUT2D eigenvalue weighted by molar-refractivity contribution is -0.343. The van der Waals surface area contributed by atoms with Crippen LogP contribution in [-0.2, 0) is 14.2 Å². The predicted molar refractivity (Wildman–Crippen MR) is 77.1 cm³/mol. The van der Waals surface area contributed by atoms with Crippen molar-refractivity contribution in [1.82, 2.24) is 0 Å². The Kier molecular flexibility index (Phi) is 5.14. The Balaban J connectivity index is 1.75. The molecule has 6 N–H and O–H groups in total. The lowest BCUT2D eigenvalue weighted by atomic mass is 9.86. The Morgan fingerprint density at radius 1 is 1.04 bits per heavy atom. The molecule has 2 fully saturated rings. The quantitative estimate of drug-likeness (QED) is 0.323. The summed E-state index contributed by atoms with van der Waals surface area (Å²) < 4.78 is 16.3. The average molecular weight is 348 g/mol. The minimum atomic E-state index is -1.56. The van der Waals surface area contributed by atoms with Gasteiger partial charge in [0.1, 0.15) is 24.4 Å². The summed E-state index contributed by atoms with van der Waals surface area (Å²) >= 11 is 0. The first-order valence-electron chi connectivity index (χ1n) is 7.99. The van der Waals surface area contributed by atoms with Gasteiger partial charge >= 0.3 is 0 Å². The Hall–Kier alpha value is -0.780. The van der Waals surface area contributed by atoms with Crippen LogP contribution >= 0.6 is 0 Å².